The first-order valence-electron chi connectivity index (χ1n) is 6.04. The molecule has 0 bridgehead atoms. The quantitative estimate of drug-likeness (QED) is 0.781. The molecule has 0 radical (unpaired) electrons. The molecule has 0 fully saturated rings. The molecule has 0 aliphatic rings. The van der Waals surface area contributed by atoms with Gasteiger partial charge in [-0.2, -0.15) is 0 Å². The summed E-state index contributed by atoms with van der Waals surface area (Å²) in [4.78, 5) is 4.26. The number of hydrogen-bond donors (Lipinski definition) is 1. The van der Waals surface area contributed by atoms with Crippen molar-refractivity contribution in [3.63, 3.8) is 0 Å². The molecule has 0 saturated carbocycles. The third-order valence-electron chi connectivity index (χ3n) is 3.14. The van der Waals surface area contributed by atoms with E-state index in [0.717, 1.165) is 12.1 Å². The van der Waals surface area contributed by atoms with E-state index in [1.165, 1.54) is 12.7 Å². The number of imidazole rings is 1. The van der Waals surface area contributed by atoms with Gasteiger partial charge in [-0.25, -0.2) is 4.98 Å². The van der Waals surface area contributed by atoms with E-state index >= 15 is 0 Å². The lowest BCUT2D eigenvalue weighted by Gasteiger charge is -2.06. The lowest BCUT2D eigenvalue weighted by Crippen LogP contribution is -1.97. The fraction of sp³-hybridized carbons (Fsp3) is 0.133. The molecule has 2 aromatic carbocycles. The van der Waals surface area contributed by atoms with Crippen LogP contribution in [-0.2, 0) is 6.54 Å². The molecule has 0 amide bonds. The van der Waals surface area contributed by atoms with Gasteiger partial charge >= 0.3 is 0 Å². The minimum absolute atomic E-state index is 0.0896. The van der Waals surface area contributed by atoms with Crippen molar-refractivity contribution in [2.45, 2.75) is 6.54 Å². The molecule has 3 rings (SSSR count). The highest BCUT2D eigenvalue weighted by Crippen LogP contribution is 2.33. The Hall–Kier alpha value is -2.49. The van der Waals surface area contributed by atoms with Crippen LogP contribution in [0.15, 0.2) is 48.8 Å². The fourth-order valence-electron chi connectivity index (χ4n) is 2.17. The monoisotopic (exact) mass is 254 g/mol. The Morgan fingerprint density at radius 1 is 1.16 bits per heavy atom. The number of phenols is 1. The Bertz CT molecular complexity index is 705. The average Bonchev–Trinajstić information content (AvgIpc) is 2.85. The molecule has 1 N–H and O–H groups in total. The molecule has 19 heavy (non-hydrogen) atoms. The number of nitrogens with zero attached hydrogens (tertiary/aromatic N) is 2. The van der Waals surface area contributed by atoms with E-state index in [9.17, 15) is 5.11 Å². The topological polar surface area (TPSA) is 47.3 Å². The van der Waals surface area contributed by atoms with Gasteiger partial charge in [0.1, 0.15) is 5.52 Å². The van der Waals surface area contributed by atoms with Gasteiger partial charge in [0.2, 0.25) is 0 Å². The van der Waals surface area contributed by atoms with Gasteiger partial charge in [0.15, 0.2) is 11.5 Å². The first-order valence-corrected chi connectivity index (χ1v) is 6.04. The molecule has 96 valence electrons. The predicted molar refractivity (Wildman–Crippen MR) is 73.5 cm³/mol. The van der Waals surface area contributed by atoms with Crippen LogP contribution in [0.1, 0.15) is 5.56 Å². The van der Waals surface area contributed by atoms with Gasteiger partial charge in [-0.3, -0.25) is 0 Å². The molecule has 0 aliphatic heterocycles. The van der Waals surface area contributed by atoms with E-state index in [4.69, 9.17) is 4.74 Å². The fourth-order valence-corrected chi connectivity index (χ4v) is 2.17. The van der Waals surface area contributed by atoms with E-state index in [1.807, 2.05) is 28.8 Å². The summed E-state index contributed by atoms with van der Waals surface area (Å²) in [5, 5.41) is 10.0. The van der Waals surface area contributed by atoms with Crippen molar-refractivity contribution < 1.29 is 9.84 Å². The second-order valence-corrected chi connectivity index (χ2v) is 4.34. The van der Waals surface area contributed by atoms with Crippen molar-refractivity contribution >= 4 is 11.0 Å². The number of methoxy groups -OCH3 is 1. The second-order valence-electron chi connectivity index (χ2n) is 4.34. The van der Waals surface area contributed by atoms with E-state index < -0.39 is 0 Å². The zero-order chi connectivity index (χ0) is 13.2. The largest absolute Gasteiger partial charge is 0.503 e. The van der Waals surface area contributed by atoms with Crippen molar-refractivity contribution in [3.05, 3.63) is 54.4 Å². The molecule has 0 spiro atoms. The van der Waals surface area contributed by atoms with Crippen molar-refractivity contribution in [1.82, 2.24) is 9.55 Å². The highest BCUT2D eigenvalue weighted by molar-refractivity contribution is 5.84. The van der Waals surface area contributed by atoms with Crippen LogP contribution in [0.5, 0.6) is 11.5 Å². The molecule has 0 unspecified atom stereocenters. The summed E-state index contributed by atoms with van der Waals surface area (Å²) >= 11 is 0. The zero-order valence-electron chi connectivity index (χ0n) is 10.6. The van der Waals surface area contributed by atoms with Gasteiger partial charge < -0.3 is 14.4 Å². The summed E-state index contributed by atoms with van der Waals surface area (Å²) in [5.41, 5.74) is 2.65. The third kappa shape index (κ3) is 2.01. The smallest absolute Gasteiger partial charge is 0.186 e. The normalized spacial score (nSPS) is 10.8. The van der Waals surface area contributed by atoms with Crippen LogP contribution in [0, 0.1) is 0 Å². The van der Waals surface area contributed by atoms with E-state index in [-0.39, 0.29) is 5.75 Å². The van der Waals surface area contributed by atoms with Gasteiger partial charge in [0.05, 0.1) is 19.0 Å². The molecule has 0 aliphatic carbocycles. The Morgan fingerprint density at radius 2 is 1.95 bits per heavy atom. The number of rotatable bonds is 3. The molecule has 4 nitrogen and oxygen atoms in total. The van der Waals surface area contributed by atoms with E-state index in [1.54, 1.807) is 12.4 Å². The highest BCUT2D eigenvalue weighted by atomic mass is 16.5. The molecule has 4 heteroatoms. The number of benzene rings is 2. The molecular formula is C15H14N2O2. The van der Waals surface area contributed by atoms with Crippen LogP contribution in [0.3, 0.4) is 0 Å². The van der Waals surface area contributed by atoms with Crippen LogP contribution >= 0.6 is 0 Å². The molecule has 3 aromatic rings. The molecule has 1 heterocycles. The van der Waals surface area contributed by atoms with Gasteiger partial charge in [0, 0.05) is 6.54 Å². The minimum atomic E-state index is 0.0896. The SMILES string of the molecule is COc1ccc2c(ncn2Cc2ccccc2)c1O. The van der Waals surface area contributed by atoms with Crippen LogP contribution in [0.25, 0.3) is 11.0 Å². The Balaban J connectivity index is 2.04. The van der Waals surface area contributed by atoms with Crippen molar-refractivity contribution in [1.29, 1.82) is 0 Å². The number of ether oxygens (including phenoxy) is 1. The number of hydrogen-bond acceptors (Lipinski definition) is 3. The van der Waals surface area contributed by atoms with Gasteiger partial charge in [-0.05, 0) is 17.7 Å². The summed E-state index contributed by atoms with van der Waals surface area (Å²) in [6, 6.07) is 13.8. The van der Waals surface area contributed by atoms with Gasteiger partial charge in [-0.15, -0.1) is 0 Å². The number of fused-ring (bicyclic) bond motifs is 1. The Morgan fingerprint density at radius 3 is 2.68 bits per heavy atom. The summed E-state index contributed by atoms with van der Waals surface area (Å²) < 4.78 is 7.09. The standard InChI is InChI=1S/C15H14N2O2/c1-19-13-8-7-12-14(15(13)18)16-10-17(12)9-11-5-3-2-4-6-11/h2-8,10,18H,9H2,1H3. The Kier molecular flexibility index (Phi) is 2.83. The van der Waals surface area contributed by atoms with Crippen molar-refractivity contribution in [2.24, 2.45) is 0 Å². The summed E-state index contributed by atoms with van der Waals surface area (Å²) in [6.45, 7) is 0.725. The van der Waals surface area contributed by atoms with Crippen LogP contribution in [0.4, 0.5) is 0 Å². The number of phenolic OH excluding ortho intramolecular Hbond substituents is 1. The lowest BCUT2D eigenvalue weighted by molar-refractivity contribution is 0.376. The molecule has 0 atom stereocenters. The summed E-state index contributed by atoms with van der Waals surface area (Å²) in [6.07, 6.45) is 1.73. The molecular weight excluding hydrogens is 240 g/mol. The summed E-state index contributed by atoms with van der Waals surface area (Å²) in [7, 11) is 1.53. The zero-order valence-corrected chi connectivity index (χ0v) is 10.6. The van der Waals surface area contributed by atoms with Crippen LogP contribution in [0.2, 0.25) is 0 Å². The van der Waals surface area contributed by atoms with E-state index in [2.05, 4.69) is 17.1 Å². The second kappa shape index (κ2) is 4.65. The maximum atomic E-state index is 10.0. The van der Waals surface area contributed by atoms with Gasteiger partial charge in [0.25, 0.3) is 0 Å². The van der Waals surface area contributed by atoms with Crippen molar-refractivity contribution in [2.75, 3.05) is 7.11 Å². The summed E-state index contributed by atoms with van der Waals surface area (Å²) in [5.74, 6) is 0.532. The van der Waals surface area contributed by atoms with Crippen LogP contribution in [-0.4, -0.2) is 21.8 Å². The first kappa shape index (κ1) is 11.6. The van der Waals surface area contributed by atoms with Crippen molar-refractivity contribution in [3.8, 4) is 11.5 Å². The third-order valence-corrected chi connectivity index (χ3v) is 3.14. The highest BCUT2D eigenvalue weighted by Gasteiger charge is 2.11. The lowest BCUT2D eigenvalue weighted by atomic mass is 10.2. The number of aromatic nitrogens is 2. The predicted octanol–water partition coefficient (Wildman–Crippen LogP) is 2.80. The van der Waals surface area contributed by atoms with E-state index in [0.29, 0.717) is 11.3 Å². The first-order chi connectivity index (χ1) is 9.29. The Labute approximate surface area is 110 Å². The van der Waals surface area contributed by atoms with Crippen LogP contribution < -0.4 is 4.74 Å². The maximum absolute atomic E-state index is 10.0. The minimum Gasteiger partial charge on any atom is -0.503 e. The maximum Gasteiger partial charge on any atom is 0.186 e. The molecule has 1 aromatic heterocycles. The number of aromatic hydroxyl groups is 1. The average molecular weight is 254 g/mol. The molecule has 0 saturated heterocycles. The van der Waals surface area contributed by atoms with Gasteiger partial charge in [-0.1, -0.05) is 30.3 Å².